The van der Waals surface area contributed by atoms with E-state index in [-0.39, 0.29) is 4.90 Å². The number of nitrogens with one attached hydrogen (secondary N) is 1. The van der Waals surface area contributed by atoms with Gasteiger partial charge in [-0.05, 0) is 62.2 Å². The molecule has 0 radical (unpaired) electrons. The Hall–Kier alpha value is -3.16. The normalized spacial score (nSPS) is 11.8. The highest BCUT2D eigenvalue weighted by Crippen LogP contribution is 2.27. The average Bonchev–Trinajstić information content (AvgIpc) is 2.77. The molecule has 0 aliphatic rings. The quantitative estimate of drug-likeness (QED) is 0.402. The van der Waals surface area contributed by atoms with Crippen LogP contribution in [0.2, 0.25) is 5.02 Å². The molecule has 8 heteroatoms. The molecule has 0 spiro atoms. The molecule has 1 amide bonds. The topological polar surface area (TPSA) is 78.8 Å². The van der Waals surface area contributed by atoms with Gasteiger partial charge in [0.2, 0.25) is 0 Å². The minimum atomic E-state index is -3.97. The Labute approximate surface area is 193 Å². The smallest absolute Gasteiger partial charge is 0.264 e. The van der Waals surface area contributed by atoms with Gasteiger partial charge in [-0.25, -0.2) is 13.8 Å². The Kier molecular flexibility index (Phi) is 7.33. The van der Waals surface area contributed by atoms with Crippen molar-refractivity contribution >= 4 is 38.9 Å². The van der Waals surface area contributed by atoms with Crippen LogP contribution in [0.3, 0.4) is 0 Å². The molecular weight excluding hydrogens is 446 g/mol. The van der Waals surface area contributed by atoms with Gasteiger partial charge in [0.15, 0.2) is 0 Å². The molecule has 0 bridgehead atoms. The zero-order chi connectivity index (χ0) is 23.3. The third-order valence-corrected chi connectivity index (χ3v) is 6.88. The minimum Gasteiger partial charge on any atom is -0.271 e. The molecule has 0 atom stereocenters. The van der Waals surface area contributed by atoms with E-state index in [2.05, 4.69) is 10.5 Å². The van der Waals surface area contributed by atoms with Crippen LogP contribution in [0.1, 0.15) is 23.6 Å². The first-order valence-electron chi connectivity index (χ1n) is 9.92. The molecule has 166 valence electrons. The summed E-state index contributed by atoms with van der Waals surface area (Å²) in [5.41, 5.74) is 6.00. The van der Waals surface area contributed by atoms with E-state index in [0.29, 0.717) is 16.4 Å². The molecule has 0 saturated carbocycles. The number of amides is 1. The number of carbonyl (C=O) groups is 1. The molecule has 32 heavy (non-hydrogen) atoms. The van der Waals surface area contributed by atoms with Crippen LogP contribution >= 0.6 is 11.6 Å². The fraction of sp³-hybridized carbons (Fsp3) is 0.167. The zero-order valence-electron chi connectivity index (χ0n) is 18.0. The molecule has 3 aromatic rings. The van der Waals surface area contributed by atoms with Gasteiger partial charge in [-0.15, -0.1) is 0 Å². The highest BCUT2D eigenvalue weighted by molar-refractivity contribution is 7.92. The zero-order valence-corrected chi connectivity index (χ0v) is 19.6. The van der Waals surface area contributed by atoms with Crippen molar-refractivity contribution in [3.05, 3.63) is 94.5 Å². The first-order chi connectivity index (χ1) is 15.2. The molecule has 0 fully saturated rings. The van der Waals surface area contributed by atoms with Gasteiger partial charge in [0, 0.05) is 5.02 Å². The fourth-order valence-corrected chi connectivity index (χ4v) is 4.80. The number of benzene rings is 3. The average molecular weight is 470 g/mol. The van der Waals surface area contributed by atoms with E-state index >= 15 is 0 Å². The lowest BCUT2D eigenvalue weighted by atomic mass is 10.1. The summed E-state index contributed by atoms with van der Waals surface area (Å²) >= 11 is 5.90. The maximum atomic E-state index is 13.4. The molecule has 0 aliphatic carbocycles. The minimum absolute atomic E-state index is 0.105. The Morgan fingerprint density at radius 1 is 1.00 bits per heavy atom. The SMILES string of the molecule is C/C(=N/NC(=O)CN(c1ccc(C)cc1C)S(=O)(=O)c1ccccc1)c1ccc(Cl)cc1. The van der Waals surface area contributed by atoms with E-state index in [1.165, 1.54) is 12.1 Å². The lowest BCUT2D eigenvalue weighted by Crippen LogP contribution is -2.40. The standard InChI is InChI=1S/C24H24ClN3O3S/c1-17-9-14-23(18(2)15-17)28(32(30,31)22-7-5-4-6-8-22)16-24(29)27-26-19(3)20-10-12-21(25)13-11-20/h4-15H,16H2,1-3H3,(H,27,29)/b26-19-. The molecule has 3 aromatic carbocycles. The molecule has 0 heterocycles. The third-order valence-electron chi connectivity index (χ3n) is 4.85. The molecular formula is C24H24ClN3O3S. The maximum Gasteiger partial charge on any atom is 0.264 e. The summed E-state index contributed by atoms with van der Waals surface area (Å²) in [5, 5.41) is 4.71. The number of anilines is 1. The van der Waals surface area contributed by atoms with E-state index in [9.17, 15) is 13.2 Å². The predicted octanol–water partition coefficient (Wildman–Crippen LogP) is 4.69. The predicted molar refractivity (Wildman–Crippen MR) is 129 cm³/mol. The van der Waals surface area contributed by atoms with E-state index in [0.717, 1.165) is 21.0 Å². The second-order valence-corrected chi connectivity index (χ2v) is 9.65. The van der Waals surface area contributed by atoms with Crippen LogP contribution in [-0.4, -0.2) is 26.6 Å². The summed E-state index contributed by atoms with van der Waals surface area (Å²) in [6.45, 7) is 5.06. The van der Waals surface area contributed by atoms with Crippen molar-refractivity contribution in [3.8, 4) is 0 Å². The first kappa shape index (κ1) is 23.5. The van der Waals surface area contributed by atoms with Crippen molar-refractivity contribution in [2.24, 2.45) is 5.10 Å². The Morgan fingerprint density at radius 2 is 1.66 bits per heavy atom. The Bertz CT molecular complexity index is 1240. The van der Waals surface area contributed by atoms with Crippen molar-refractivity contribution in [1.29, 1.82) is 0 Å². The number of hydrogen-bond acceptors (Lipinski definition) is 4. The van der Waals surface area contributed by atoms with Crippen LogP contribution in [0.5, 0.6) is 0 Å². The maximum absolute atomic E-state index is 13.4. The Morgan fingerprint density at radius 3 is 2.28 bits per heavy atom. The van der Waals surface area contributed by atoms with Crippen molar-refractivity contribution in [3.63, 3.8) is 0 Å². The van der Waals surface area contributed by atoms with Crippen molar-refractivity contribution in [2.45, 2.75) is 25.7 Å². The van der Waals surface area contributed by atoms with E-state index < -0.39 is 22.5 Å². The largest absolute Gasteiger partial charge is 0.271 e. The van der Waals surface area contributed by atoms with Gasteiger partial charge < -0.3 is 0 Å². The number of aryl methyl sites for hydroxylation is 2. The molecule has 0 aromatic heterocycles. The molecule has 0 aliphatic heterocycles. The summed E-state index contributed by atoms with van der Waals surface area (Å²) in [6.07, 6.45) is 0. The summed E-state index contributed by atoms with van der Waals surface area (Å²) in [7, 11) is -3.97. The number of rotatable bonds is 7. The van der Waals surface area contributed by atoms with Crippen LogP contribution in [0, 0.1) is 13.8 Å². The lowest BCUT2D eigenvalue weighted by Gasteiger charge is -2.25. The summed E-state index contributed by atoms with van der Waals surface area (Å²) in [5.74, 6) is -0.558. The first-order valence-corrected chi connectivity index (χ1v) is 11.7. The number of carbonyl (C=O) groups excluding carboxylic acids is 1. The van der Waals surface area contributed by atoms with Crippen LogP contribution < -0.4 is 9.73 Å². The summed E-state index contributed by atoms with van der Waals surface area (Å²) in [6, 6.07) is 20.5. The van der Waals surface area contributed by atoms with Crippen LogP contribution in [0.4, 0.5) is 5.69 Å². The van der Waals surface area contributed by atoms with Gasteiger partial charge in [-0.1, -0.05) is 59.6 Å². The van der Waals surface area contributed by atoms with Crippen LogP contribution in [0.25, 0.3) is 0 Å². The van der Waals surface area contributed by atoms with Gasteiger partial charge in [0.25, 0.3) is 15.9 Å². The number of hydrazone groups is 1. The van der Waals surface area contributed by atoms with Gasteiger partial charge in [-0.2, -0.15) is 5.10 Å². The number of sulfonamides is 1. The van der Waals surface area contributed by atoms with Crippen molar-refractivity contribution in [1.82, 2.24) is 5.43 Å². The van der Waals surface area contributed by atoms with Gasteiger partial charge in [0.1, 0.15) is 6.54 Å². The Balaban J connectivity index is 1.89. The van der Waals surface area contributed by atoms with Crippen molar-refractivity contribution in [2.75, 3.05) is 10.8 Å². The lowest BCUT2D eigenvalue weighted by molar-refractivity contribution is -0.119. The number of hydrogen-bond donors (Lipinski definition) is 1. The highest BCUT2D eigenvalue weighted by atomic mass is 35.5. The molecule has 0 unspecified atom stereocenters. The number of nitrogens with zero attached hydrogens (tertiary/aromatic N) is 2. The molecule has 0 saturated heterocycles. The van der Waals surface area contributed by atoms with Crippen LogP contribution in [0.15, 0.2) is 82.8 Å². The highest BCUT2D eigenvalue weighted by Gasteiger charge is 2.28. The van der Waals surface area contributed by atoms with Crippen molar-refractivity contribution < 1.29 is 13.2 Å². The van der Waals surface area contributed by atoms with Gasteiger partial charge in [0.05, 0.1) is 16.3 Å². The second-order valence-electron chi connectivity index (χ2n) is 7.35. The van der Waals surface area contributed by atoms with Gasteiger partial charge in [-0.3, -0.25) is 9.10 Å². The molecule has 3 rings (SSSR count). The fourth-order valence-electron chi connectivity index (χ4n) is 3.17. The summed E-state index contributed by atoms with van der Waals surface area (Å²) < 4.78 is 27.9. The van der Waals surface area contributed by atoms with E-state index in [1.54, 1.807) is 55.5 Å². The summed E-state index contributed by atoms with van der Waals surface area (Å²) in [4.78, 5) is 12.8. The van der Waals surface area contributed by atoms with E-state index in [1.807, 2.05) is 26.0 Å². The monoisotopic (exact) mass is 469 g/mol. The second kappa shape index (κ2) is 9.97. The van der Waals surface area contributed by atoms with E-state index in [4.69, 9.17) is 11.6 Å². The third kappa shape index (κ3) is 5.55. The molecule has 1 N–H and O–H groups in total. The molecule has 6 nitrogen and oxygen atoms in total. The van der Waals surface area contributed by atoms with Crippen LogP contribution in [-0.2, 0) is 14.8 Å². The number of halogens is 1. The van der Waals surface area contributed by atoms with Gasteiger partial charge >= 0.3 is 0 Å².